The fourth-order valence-electron chi connectivity index (χ4n) is 1.87. The van der Waals surface area contributed by atoms with Crippen LogP contribution in [0.4, 0.5) is 4.39 Å². The number of hydrogen-bond acceptors (Lipinski definition) is 2. The second-order valence-electron chi connectivity index (χ2n) is 4.30. The molecule has 1 amide bonds. The van der Waals surface area contributed by atoms with Gasteiger partial charge in [-0.15, -0.1) is 0 Å². The predicted octanol–water partition coefficient (Wildman–Crippen LogP) is 3.65. The lowest BCUT2D eigenvalue weighted by Crippen LogP contribution is -2.31. The monoisotopic (exact) mass is 336 g/mol. The van der Waals surface area contributed by atoms with Crippen molar-refractivity contribution >= 4 is 21.8 Å². The molecule has 1 aromatic carbocycles. The Morgan fingerprint density at radius 2 is 2.00 bits per heavy atom. The van der Waals surface area contributed by atoms with Gasteiger partial charge in [0.05, 0.1) is 5.56 Å². The molecule has 0 bridgehead atoms. The molecule has 5 heteroatoms. The van der Waals surface area contributed by atoms with Gasteiger partial charge < -0.3 is 4.90 Å². The van der Waals surface area contributed by atoms with Gasteiger partial charge in [0.15, 0.2) is 0 Å². The molecule has 0 N–H and O–H groups in total. The molecule has 0 fully saturated rings. The van der Waals surface area contributed by atoms with E-state index in [0.717, 1.165) is 5.56 Å². The predicted molar refractivity (Wildman–Crippen MR) is 78.8 cm³/mol. The Labute approximate surface area is 125 Å². The molecular formula is C15H14BrFN2O. The highest BCUT2D eigenvalue weighted by Gasteiger charge is 2.18. The minimum Gasteiger partial charge on any atom is -0.335 e. The van der Waals surface area contributed by atoms with Gasteiger partial charge >= 0.3 is 0 Å². The largest absolute Gasteiger partial charge is 0.335 e. The summed E-state index contributed by atoms with van der Waals surface area (Å²) in [6.07, 6.45) is 3.35. The number of hydrogen-bond donors (Lipinski definition) is 0. The summed E-state index contributed by atoms with van der Waals surface area (Å²) < 4.78 is 14.5. The van der Waals surface area contributed by atoms with Gasteiger partial charge in [0.25, 0.3) is 5.91 Å². The normalized spacial score (nSPS) is 10.3. The molecule has 0 saturated carbocycles. The van der Waals surface area contributed by atoms with Crippen LogP contribution >= 0.6 is 15.9 Å². The van der Waals surface area contributed by atoms with Crippen molar-refractivity contribution in [2.24, 2.45) is 0 Å². The standard InChI is InChI=1S/C15H14BrFN2O/c1-2-19(10-11-5-7-18-8-6-11)15(20)13-9-12(16)3-4-14(13)17/h3-9H,2,10H2,1H3. The zero-order valence-corrected chi connectivity index (χ0v) is 12.6. The molecule has 0 radical (unpaired) electrons. The van der Waals surface area contributed by atoms with Crippen LogP contribution in [0.5, 0.6) is 0 Å². The van der Waals surface area contributed by atoms with Gasteiger partial charge in [0, 0.05) is 30.0 Å². The maximum atomic E-state index is 13.8. The van der Waals surface area contributed by atoms with Crippen LogP contribution in [0.25, 0.3) is 0 Å². The summed E-state index contributed by atoms with van der Waals surface area (Å²) in [6, 6.07) is 8.05. The highest BCUT2D eigenvalue weighted by Crippen LogP contribution is 2.18. The summed E-state index contributed by atoms with van der Waals surface area (Å²) in [5, 5.41) is 0. The molecule has 3 nitrogen and oxygen atoms in total. The fraction of sp³-hybridized carbons (Fsp3) is 0.200. The van der Waals surface area contributed by atoms with Crippen molar-refractivity contribution in [3.05, 3.63) is 64.1 Å². The van der Waals surface area contributed by atoms with E-state index in [4.69, 9.17) is 0 Å². The van der Waals surface area contributed by atoms with E-state index in [-0.39, 0.29) is 11.5 Å². The van der Waals surface area contributed by atoms with Crippen LogP contribution in [-0.2, 0) is 6.54 Å². The third kappa shape index (κ3) is 3.42. The van der Waals surface area contributed by atoms with Crippen LogP contribution in [0.15, 0.2) is 47.2 Å². The Morgan fingerprint density at radius 3 is 2.65 bits per heavy atom. The molecule has 0 atom stereocenters. The first-order chi connectivity index (χ1) is 9.61. The number of pyridine rings is 1. The molecule has 0 saturated heterocycles. The first kappa shape index (κ1) is 14.7. The van der Waals surface area contributed by atoms with E-state index in [1.165, 1.54) is 12.1 Å². The number of nitrogens with zero attached hydrogens (tertiary/aromatic N) is 2. The van der Waals surface area contributed by atoms with Crippen LogP contribution in [0.1, 0.15) is 22.8 Å². The van der Waals surface area contributed by atoms with Gasteiger partial charge in [-0.05, 0) is 42.8 Å². The zero-order chi connectivity index (χ0) is 14.5. The summed E-state index contributed by atoms with van der Waals surface area (Å²) >= 11 is 3.26. The molecule has 0 aliphatic carbocycles. The van der Waals surface area contributed by atoms with Crippen molar-refractivity contribution in [3.8, 4) is 0 Å². The van der Waals surface area contributed by atoms with Gasteiger partial charge in [-0.3, -0.25) is 9.78 Å². The maximum Gasteiger partial charge on any atom is 0.257 e. The Morgan fingerprint density at radius 1 is 1.30 bits per heavy atom. The van der Waals surface area contributed by atoms with Gasteiger partial charge in [-0.1, -0.05) is 15.9 Å². The topological polar surface area (TPSA) is 33.2 Å². The number of carbonyl (C=O) groups is 1. The number of amides is 1. The van der Waals surface area contributed by atoms with E-state index in [0.29, 0.717) is 17.6 Å². The van der Waals surface area contributed by atoms with E-state index in [2.05, 4.69) is 20.9 Å². The van der Waals surface area contributed by atoms with Gasteiger partial charge in [-0.25, -0.2) is 4.39 Å². The third-order valence-electron chi connectivity index (χ3n) is 2.95. The van der Waals surface area contributed by atoms with Gasteiger partial charge in [0.2, 0.25) is 0 Å². The molecular weight excluding hydrogens is 323 g/mol. The van der Waals surface area contributed by atoms with Crippen molar-refractivity contribution in [2.75, 3.05) is 6.54 Å². The lowest BCUT2D eigenvalue weighted by molar-refractivity contribution is 0.0747. The van der Waals surface area contributed by atoms with Crippen molar-refractivity contribution < 1.29 is 9.18 Å². The van der Waals surface area contributed by atoms with E-state index < -0.39 is 5.82 Å². The van der Waals surface area contributed by atoms with Crippen LogP contribution in [0.2, 0.25) is 0 Å². The molecule has 104 valence electrons. The Kier molecular flexibility index (Phi) is 4.84. The molecule has 0 unspecified atom stereocenters. The van der Waals surface area contributed by atoms with Crippen LogP contribution in [0.3, 0.4) is 0 Å². The van der Waals surface area contributed by atoms with Crippen LogP contribution in [-0.4, -0.2) is 22.3 Å². The van der Waals surface area contributed by atoms with Crippen LogP contribution < -0.4 is 0 Å². The van der Waals surface area contributed by atoms with E-state index in [1.54, 1.807) is 23.4 Å². The quantitative estimate of drug-likeness (QED) is 0.853. The minimum absolute atomic E-state index is 0.0790. The van der Waals surface area contributed by atoms with Crippen molar-refractivity contribution in [3.63, 3.8) is 0 Å². The number of carbonyl (C=O) groups excluding carboxylic acids is 1. The number of rotatable bonds is 4. The molecule has 1 heterocycles. The fourth-order valence-corrected chi connectivity index (χ4v) is 2.23. The summed E-state index contributed by atoms with van der Waals surface area (Å²) in [4.78, 5) is 17.9. The number of halogens is 2. The van der Waals surface area contributed by atoms with Crippen molar-refractivity contribution in [1.82, 2.24) is 9.88 Å². The minimum atomic E-state index is -0.508. The Balaban J connectivity index is 2.23. The maximum absolute atomic E-state index is 13.8. The average Bonchev–Trinajstić information content (AvgIpc) is 2.47. The third-order valence-corrected chi connectivity index (χ3v) is 3.44. The van der Waals surface area contributed by atoms with E-state index in [9.17, 15) is 9.18 Å². The van der Waals surface area contributed by atoms with Gasteiger partial charge in [-0.2, -0.15) is 0 Å². The SMILES string of the molecule is CCN(Cc1ccncc1)C(=O)c1cc(Br)ccc1F. The zero-order valence-electron chi connectivity index (χ0n) is 11.0. The Hall–Kier alpha value is -1.75. The average molecular weight is 337 g/mol. The lowest BCUT2D eigenvalue weighted by Gasteiger charge is -2.21. The molecule has 0 spiro atoms. The molecule has 20 heavy (non-hydrogen) atoms. The lowest BCUT2D eigenvalue weighted by atomic mass is 10.1. The highest BCUT2D eigenvalue weighted by atomic mass is 79.9. The molecule has 0 aliphatic rings. The molecule has 1 aromatic heterocycles. The Bertz CT molecular complexity index is 604. The summed E-state index contributed by atoms with van der Waals surface area (Å²) in [6.45, 7) is 2.81. The van der Waals surface area contributed by atoms with Crippen LogP contribution in [0, 0.1) is 5.82 Å². The summed E-state index contributed by atoms with van der Waals surface area (Å²) in [7, 11) is 0. The highest BCUT2D eigenvalue weighted by molar-refractivity contribution is 9.10. The van der Waals surface area contributed by atoms with Crippen molar-refractivity contribution in [1.29, 1.82) is 0 Å². The number of benzene rings is 1. The van der Waals surface area contributed by atoms with Crippen molar-refractivity contribution in [2.45, 2.75) is 13.5 Å². The smallest absolute Gasteiger partial charge is 0.257 e. The molecule has 2 rings (SSSR count). The van der Waals surface area contributed by atoms with E-state index in [1.807, 2.05) is 19.1 Å². The second-order valence-corrected chi connectivity index (χ2v) is 5.21. The first-order valence-electron chi connectivity index (χ1n) is 6.25. The van der Waals surface area contributed by atoms with Gasteiger partial charge in [0.1, 0.15) is 5.82 Å². The summed E-state index contributed by atoms with van der Waals surface area (Å²) in [5.41, 5.74) is 1.04. The molecule has 2 aromatic rings. The number of aromatic nitrogens is 1. The van der Waals surface area contributed by atoms with E-state index >= 15 is 0 Å². The second kappa shape index (κ2) is 6.61. The first-order valence-corrected chi connectivity index (χ1v) is 7.04. The molecule has 0 aliphatic heterocycles. The summed E-state index contributed by atoms with van der Waals surface area (Å²) in [5.74, 6) is -0.825.